The molecule has 1 aromatic heterocycles. The largest absolute Gasteiger partial charge is 0.383 e. The lowest BCUT2D eigenvalue weighted by atomic mass is 9.99. The molecule has 2 N–H and O–H groups in total. The third kappa shape index (κ3) is 7.06. The van der Waals surface area contributed by atoms with Crippen molar-refractivity contribution in [1.29, 1.82) is 0 Å². The van der Waals surface area contributed by atoms with E-state index in [0.717, 1.165) is 31.3 Å². The molecule has 1 rings (SSSR count). The summed E-state index contributed by atoms with van der Waals surface area (Å²) in [6, 6.07) is 0. The lowest BCUT2D eigenvalue weighted by Gasteiger charge is -2.18. The van der Waals surface area contributed by atoms with E-state index in [0.29, 0.717) is 12.5 Å². The summed E-state index contributed by atoms with van der Waals surface area (Å²) in [5.41, 5.74) is 3.48. The second-order valence-corrected chi connectivity index (χ2v) is 6.59. The first kappa shape index (κ1) is 21.5. The third-order valence-corrected chi connectivity index (χ3v) is 4.80. The number of rotatable bonds is 11. The number of nitrogens with zero attached hydrogens (tertiary/aromatic N) is 3. The van der Waals surface area contributed by atoms with E-state index in [2.05, 4.69) is 48.4 Å². The monoisotopic (exact) mass is 351 g/mol. The minimum absolute atomic E-state index is 0.675. The molecule has 6 heteroatoms. The molecular weight excluding hydrogens is 314 g/mol. The molecule has 0 spiro atoms. The Morgan fingerprint density at radius 1 is 1.28 bits per heavy atom. The second kappa shape index (κ2) is 11.9. The van der Waals surface area contributed by atoms with Gasteiger partial charge in [0.25, 0.3) is 0 Å². The van der Waals surface area contributed by atoms with E-state index in [1.165, 1.54) is 36.9 Å². The van der Waals surface area contributed by atoms with E-state index in [9.17, 15) is 0 Å². The molecule has 1 atom stereocenters. The molecule has 0 aliphatic heterocycles. The normalized spacial score (nSPS) is 13.1. The van der Waals surface area contributed by atoms with E-state index in [1.54, 1.807) is 7.11 Å². The molecule has 1 unspecified atom stereocenters. The van der Waals surface area contributed by atoms with E-state index in [-0.39, 0.29) is 0 Å². The van der Waals surface area contributed by atoms with Crippen LogP contribution in [0.5, 0.6) is 0 Å². The summed E-state index contributed by atoms with van der Waals surface area (Å²) in [5.74, 6) is 1.57. The average Bonchev–Trinajstić information content (AvgIpc) is 2.89. The maximum atomic E-state index is 5.15. The van der Waals surface area contributed by atoms with Gasteiger partial charge in [-0.25, -0.2) is 0 Å². The zero-order chi connectivity index (χ0) is 18.7. The van der Waals surface area contributed by atoms with Gasteiger partial charge in [-0.05, 0) is 26.2 Å². The Bertz CT molecular complexity index is 524. The number of ether oxygens (including phenoxy) is 1. The third-order valence-electron chi connectivity index (χ3n) is 4.80. The van der Waals surface area contributed by atoms with Crippen LogP contribution in [0, 0.1) is 19.8 Å². The molecule has 0 saturated carbocycles. The van der Waals surface area contributed by atoms with Gasteiger partial charge in [0.15, 0.2) is 5.96 Å². The van der Waals surface area contributed by atoms with Gasteiger partial charge in [-0.3, -0.25) is 9.67 Å². The Morgan fingerprint density at radius 3 is 2.64 bits per heavy atom. The molecule has 6 nitrogen and oxygen atoms in total. The molecular formula is C19H37N5O. The van der Waals surface area contributed by atoms with E-state index in [4.69, 9.17) is 4.74 Å². The Labute approximate surface area is 153 Å². The van der Waals surface area contributed by atoms with Crippen molar-refractivity contribution in [2.24, 2.45) is 10.9 Å². The lowest BCUT2D eigenvalue weighted by Crippen LogP contribution is -2.39. The molecule has 1 aromatic rings. The Balaban J connectivity index is 2.56. The van der Waals surface area contributed by atoms with Gasteiger partial charge < -0.3 is 15.4 Å². The number of methoxy groups -OCH3 is 1. The number of aryl methyl sites for hydroxylation is 1. The van der Waals surface area contributed by atoms with Crippen LogP contribution < -0.4 is 10.6 Å². The van der Waals surface area contributed by atoms with Crippen LogP contribution in [0.25, 0.3) is 0 Å². The number of hydrogen-bond donors (Lipinski definition) is 2. The number of aliphatic imine (C=N–C) groups is 1. The first-order valence-corrected chi connectivity index (χ1v) is 9.53. The first-order chi connectivity index (χ1) is 12.1. The molecule has 1 heterocycles. The van der Waals surface area contributed by atoms with Gasteiger partial charge in [-0.1, -0.05) is 33.1 Å². The summed E-state index contributed by atoms with van der Waals surface area (Å²) >= 11 is 0. The Morgan fingerprint density at radius 2 is 2.04 bits per heavy atom. The minimum atomic E-state index is 0.675. The van der Waals surface area contributed by atoms with Crippen molar-refractivity contribution in [2.45, 2.75) is 66.5 Å². The highest BCUT2D eigenvalue weighted by Gasteiger charge is 2.12. The van der Waals surface area contributed by atoms with Crippen molar-refractivity contribution < 1.29 is 4.74 Å². The number of guanidine groups is 1. The molecule has 0 aliphatic rings. The average molecular weight is 352 g/mol. The number of hydrogen-bond acceptors (Lipinski definition) is 3. The number of nitrogens with one attached hydrogen (secondary N) is 2. The summed E-state index contributed by atoms with van der Waals surface area (Å²) in [6.07, 6.45) is 5.04. The number of aromatic nitrogens is 2. The lowest BCUT2D eigenvalue weighted by molar-refractivity contribution is 0.182. The van der Waals surface area contributed by atoms with Gasteiger partial charge in [0, 0.05) is 38.5 Å². The summed E-state index contributed by atoms with van der Waals surface area (Å²) in [7, 11) is 3.54. The van der Waals surface area contributed by atoms with Crippen LogP contribution in [0.2, 0.25) is 0 Å². The molecule has 0 fully saturated rings. The van der Waals surface area contributed by atoms with Gasteiger partial charge in [-0.2, -0.15) is 5.10 Å². The smallest absolute Gasteiger partial charge is 0.191 e. The summed E-state index contributed by atoms with van der Waals surface area (Å²) in [5, 5.41) is 11.5. The zero-order valence-corrected chi connectivity index (χ0v) is 17.0. The predicted molar refractivity (Wildman–Crippen MR) is 105 cm³/mol. The molecule has 0 amide bonds. The Kier molecular flexibility index (Phi) is 10.2. The molecule has 0 saturated heterocycles. The van der Waals surface area contributed by atoms with Crippen molar-refractivity contribution in [3.63, 3.8) is 0 Å². The SMILES string of the molecule is CCCCC(CC)CNC(=NC)NCc1c(C)nn(CCOC)c1C. The highest BCUT2D eigenvalue weighted by molar-refractivity contribution is 5.79. The maximum Gasteiger partial charge on any atom is 0.191 e. The van der Waals surface area contributed by atoms with Crippen LogP contribution in [-0.4, -0.2) is 43.0 Å². The maximum absolute atomic E-state index is 5.15. The van der Waals surface area contributed by atoms with Gasteiger partial charge in [-0.15, -0.1) is 0 Å². The quantitative estimate of drug-likeness (QED) is 0.475. The van der Waals surface area contributed by atoms with Gasteiger partial charge in [0.2, 0.25) is 0 Å². The van der Waals surface area contributed by atoms with Crippen molar-refractivity contribution >= 4 is 5.96 Å². The highest BCUT2D eigenvalue weighted by atomic mass is 16.5. The fraction of sp³-hybridized carbons (Fsp3) is 0.789. The standard InChI is InChI=1S/C19H37N5O/c1-7-9-10-17(8-2)13-21-19(20-5)22-14-18-15(3)23-24(16(18)4)11-12-25-6/h17H,7-14H2,1-6H3,(H2,20,21,22). The van der Waals surface area contributed by atoms with Crippen LogP contribution in [0.4, 0.5) is 0 Å². The molecule has 0 aromatic carbocycles. The molecule has 0 bridgehead atoms. The van der Waals surface area contributed by atoms with Gasteiger partial charge >= 0.3 is 0 Å². The van der Waals surface area contributed by atoms with Crippen molar-refractivity contribution in [3.05, 3.63) is 17.0 Å². The van der Waals surface area contributed by atoms with E-state index in [1.807, 2.05) is 11.7 Å². The molecule has 144 valence electrons. The summed E-state index contributed by atoms with van der Waals surface area (Å²) in [4.78, 5) is 4.35. The fourth-order valence-corrected chi connectivity index (χ4v) is 2.96. The van der Waals surface area contributed by atoms with Gasteiger partial charge in [0.05, 0.1) is 18.8 Å². The van der Waals surface area contributed by atoms with E-state index < -0.39 is 0 Å². The predicted octanol–water partition coefficient (Wildman–Crippen LogP) is 3.03. The molecule has 25 heavy (non-hydrogen) atoms. The second-order valence-electron chi connectivity index (χ2n) is 6.59. The van der Waals surface area contributed by atoms with E-state index >= 15 is 0 Å². The highest BCUT2D eigenvalue weighted by Crippen LogP contribution is 2.13. The fourth-order valence-electron chi connectivity index (χ4n) is 2.96. The first-order valence-electron chi connectivity index (χ1n) is 9.53. The van der Waals surface area contributed by atoms with Crippen molar-refractivity contribution in [2.75, 3.05) is 27.3 Å². The van der Waals surface area contributed by atoms with Crippen molar-refractivity contribution in [1.82, 2.24) is 20.4 Å². The van der Waals surface area contributed by atoms with Crippen LogP contribution >= 0.6 is 0 Å². The minimum Gasteiger partial charge on any atom is -0.383 e. The topological polar surface area (TPSA) is 63.5 Å². The molecule has 0 aliphatic carbocycles. The Hall–Kier alpha value is -1.56. The summed E-state index contributed by atoms with van der Waals surface area (Å²) < 4.78 is 7.17. The summed E-state index contributed by atoms with van der Waals surface area (Å²) in [6.45, 7) is 11.8. The zero-order valence-electron chi connectivity index (χ0n) is 17.0. The van der Waals surface area contributed by atoms with Crippen LogP contribution in [-0.2, 0) is 17.8 Å². The van der Waals surface area contributed by atoms with Crippen molar-refractivity contribution in [3.8, 4) is 0 Å². The number of unbranched alkanes of at least 4 members (excludes halogenated alkanes) is 1. The van der Waals surface area contributed by atoms with Crippen LogP contribution in [0.3, 0.4) is 0 Å². The van der Waals surface area contributed by atoms with Crippen LogP contribution in [0.15, 0.2) is 4.99 Å². The molecule has 0 radical (unpaired) electrons. The van der Waals surface area contributed by atoms with Gasteiger partial charge in [0.1, 0.15) is 0 Å². The van der Waals surface area contributed by atoms with Crippen LogP contribution in [0.1, 0.15) is 56.5 Å².